The zero-order valence-corrected chi connectivity index (χ0v) is 15.0. The van der Waals surface area contributed by atoms with Crippen LogP contribution in [-0.4, -0.2) is 5.11 Å². The number of rotatable bonds is 4. The second-order valence-electron chi connectivity index (χ2n) is 9.20. The van der Waals surface area contributed by atoms with E-state index < -0.39 is 5.60 Å². The molecule has 4 bridgehead atoms. The summed E-state index contributed by atoms with van der Waals surface area (Å²) in [4.78, 5) is 0. The van der Waals surface area contributed by atoms with E-state index in [1.807, 2.05) is 0 Å². The molecule has 2 unspecified atom stereocenters. The number of hydrogen-bond acceptors (Lipinski definition) is 1. The summed E-state index contributed by atoms with van der Waals surface area (Å²) in [6, 6.07) is 8.91. The maximum Gasteiger partial charge on any atom is 0.0924 e. The van der Waals surface area contributed by atoms with Gasteiger partial charge in [0.2, 0.25) is 0 Å². The minimum Gasteiger partial charge on any atom is -0.385 e. The van der Waals surface area contributed by atoms with Crippen molar-refractivity contribution < 1.29 is 5.11 Å². The van der Waals surface area contributed by atoms with Crippen LogP contribution < -0.4 is 0 Å². The summed E-state index contributed by atoms with van der Waals surface area (Å²) < 4.78 is 0. The zero-order chi connectivity index (χ0) is 16.2. The third kappa shape index (κ3) is 2.38. The summed E-state index contributed by atoms with van der Waals surface area (Å²) in [7, 11) is 0. The molecule has 1 aromatic carbocycles. The maximum absolute atomic E-state index is 11.6. The summed E-state index contributed by atoms with van der Waals surface area (Å²) in [5.74, 6) is 3.25. The van der Waals surface area contributed by atoms with Gasteiger partial charge in [0.05, 0.1) is 5.60 Å². The predicted octanol–water partition coefficient (Wildman–Crippen LogP) is 5.62. The highest BCUT2D eigenvalue weighted by atomic mass is 16.3. The minimum atomic E-state index is -0.670. The molecule has 23 heavy (non-hydrogen) atoms. The van der Waals surface area contributed by atoms with E-state index in [9.17, 15) is 5.11 Å². The van der Waals surface area contributed by atoms with Crippen LogP contribution in [0.5, 0.6) is 0 Å². The van der Waals surface area contributed by atoms with Crippen molar-refractivity contribution in [2.75, 3.05) is 0 Å². The fraction of sp³-hybridized carbons (Fsp3) is 0.727. The highest BCUT2D eigenvalue weighted by Gasteiger charge is 2.58. The van der Waals surface area contributed by atoms with Crippen molar-refractivity contribution in [1.82, 2.24) is 0 Å². The molecule has 4 saturated carbocycles. The summed E-state index contributed by atoms with van der Waals surface area (Å²) >= 11 is 0. The Hall–Kier alpha value is -0.820. The normalized spacial score (nSPS) is 39.2. The van der Waals surface area contributed by atoms with Gasteiger partial charge in [-0.25, -0.2) is 0 Å². The third-order valence-electron chi connectivity index (χ3n) is 7.73. The van der Waals surface area contributed by atoms with Gasteiger partial charge in [-0.05, 0) is 86.7 Å². The van der Waals surface area contributed by atoms with Crippen LogP contribution in [0, 0.1) is 23.2 Å². The van der Waals surface area contributed by atoms with Crippen molar-refractivity contribution in [2.45, 2.75) is 77.2 Å². The second-order valence-corrected chi connectivity index (χ2v) is 9.20. The van der Waals surface area contributed by atoms with Crippen LogP contribution in [0.15, 0.2) is 24.3 Å². The van der Waals surface area contributed by atoms with E-state index in [0.717, 1.165) is 23.3 Å². The van der Waals surface area contributed by atoms with Crippen molar-refractivity contribution in [3.8, 4) is 0 Å². The van der Waals surface area contributed by atoms with Crippen molar-refractivity contribution in [2.24, 2.45) is 23.2 Å². The predicted molar refractivity (Wildman–Crippen MR) is 95.3 cm³/mol. The van der Waals surface area contributed by atoms with E-state index in [0.29, 0.717) is 5.92 Å². The SMILES string of the molecule is CCC(C)c1ccc(C(C)(O)C23CC4CC(CC(C4)C2)C3)cc1. The first kappa shape index (κ1) is 15.7. The highest BCUT2D eigenvalue weighted by Crippen LogP contribution is 2.65. The first-order valence-corrected chi connectivity index (χ1v) is 9.76. The Balaban J connectivity index is 1.64. The van der Waals surface area contributed by atoms with Gasteiger partial charge in [0, 0.05) is 5.41 Å². The van der Waals surface area contributed by atoms with Crippen molar-refractivity contribution >= 4 is 0 Å². The molecule has 1 N–H and O–H groups in total. The molecule has 2 atom stereocenters. The standard InChI is InChI=1S/C22H32O/c1-4-15(2)19-5-7-20(8-6-19)21(3,23)22-12-16-9-17(13-22)11-18(10-16)14-22/h5-8,15-18,23H,4,9-14H2,1-3H3. The lowest BCUT2D eigenvalue weighted by molar-refractivity contribution is -0.176. The molecule has 0 radical (unpaired) electrons. The molecular weight excluding hydrogens is 280 g/mol. The topological polar surface area (TPSA) is 20.2 Å². The van der Waals surface area contributed by atoms with Gasteiger partial charge in [-0.3, -0.25) is 0 Å². The molecule has 0 saturated heterocycles. The Kier molecular flexibility index (Phi) is 3.65. The minimum absolute atomic E-state index is 0.139. The van der Waals surface area contributed by atoms with Gasteiger partial charge in [-0.2, -0.15) is 0 Å². The Labute approximate surface area is 141 Å². The van der Waals surface area contributed by atoms with Crippen molar-refractivity contribution in [1.29, 1.82) is 0 Å². The summed E-state index contributed by atoms with van der Waals surface area (Å²) in [5, 5.41) is 11.6. The Morgan fingerprint density at radius 1 is 1.04 bits per heavy atom. The first-order valence-electron chi connectivity index (χ1n) is 9.76. The van der Waals surface area contributed by atoms with Gasteiger partial charge in [0.15, 0.2) is 0 Å². The highest BCUT2D eigenvalue weighted by molar-refractivity contribution is 5.31. The van der Waals surface area contributed by atoms with Gasteiger partial charge >= 0.3 is 0 Å². The van der Waals surface area contributed by atoms with Gasteiger partial charge in [0.25, 0.3) is 0 Å². The largest absolute Gasteiger partial charge is 0.385 e. The molecular formula is C22H32O. The lowest BCUT2D eigenvalue weighted by atomic mass is 9.45. The first-order chi connectivity index (χ1) is 10.9. The van der Waals surface area contributed by atoms with E-state index in [4.69, 9.17) is 0 Å². The van der Waals surface area contributed by atoms with Crippen LogP contribution in [0.2, 0.25) is 0 Å². The molecule has 1 nitrogen and oxygen atoms in total. The summed E-state index contributed by atoms with van der Waals surface area (Å²) in [6.07, 6.45) is 9.22. The fourth-order valence-electron chi connectivity index (χ4n) is 6.38. The smallest absolute Gasteiger partial charge is 0.0924 e. The van der Waals surface area contributed by atoms with E-state index in [-0.39, 0.29) is 5.41 Å². The molecule has 4 fully saturated rings. The van der Waals surface area contributed by atoms with Crippen molar-refractivity contribution in [3.63, 3.8) is 0 Å². The lowest BCUT2D eigenvalue weighted by Crippen LogP contribution is -2.55. The lowest BCUT2D eigenvalue weighted by Gasteiger charge is -2.61. The third-order valence-corrected chi connectivity index (χ3v) is 7.73. The average molecular weight is 312 g/mol. The monoisotopic (exact) mass is 312 g/mol. The molecule has 1 aromatic rings. The second kappa shape index (κ2) is 5.34. The molecule has 0 aromatic heterocycles. The van der Waals surface area contributed by atoms with Gasteiger partial charge in [0.1, 0.15) is 0 Å². The van der Waals surface area contributed by atoms with Crippen LogP contribution in [0.1, 0.15) is 82.8 Å². The van der Waals surface area contributed by atoms with Crippen molar-refractivity contribution in [3.05, 3.63) is 35.4 Å². The number of aliphatic hydroxyl groups is 1. The Morgan fingerprint density at radius 3 is 1.96 bits per heavy atom. The molecule has 0 heterocycles. The molecule has 4 aliphatic rings. The fourth-order valence-corrected chi connectivity index (χ4v) is 6.38. The number of hydrogen-bond donors (Lipinski definition) is 1. The van der Waals surface area contributed by atoms with Gasteiger partial charge in [-0.15, -0.1) is 0 Å². The van der Waals surface area contributed by atoms with Crippen LogP contribution in [0.3, 0.4) is 0 Å². The molecule has 0 amide bonds. The Bertz CT molecular complexity index is 533. The summed E-state index contributed by atoms with van der Waals surface area (Å²) in [6.45, 7) is 6.63. The van der Waals surface area contributed by atoms with E-state index in [1.54, 1.807) is 0 Å². The summed E-state index contributed by atoms with van der Waals surface area (Å²) in [5.41, 5.74) is 2.01. The molecule has 5 rings (SSSR count). The quantitative estimate of drug-likeness (QED) is 0.764. The van der Waals surface area contributed by atoms with E-state index in [1.165, 1.54) is 50.5 Å². The average Bonchev–Trinajstić information content (AvgIpc) is 2.53. The molecule has 0 spiro atoms. The van der Waals surface area contributed by atoms with Gasteiger partial charge < -0.3 is 5.11 Å². The number of benzene rings is 1. The van der Waals surface area contributed by atoms with Crippen LogP contribution >= 0.6 is 0 Å². The Morgan fingerprint density at radius 2 is 1.52 bits per heavy atom. The van der Waals surface area contributed by atoms with E-state index in [2.05, 4.69) is 45.0 Å². The molecule has 0 aliphatic heterocycles. The molecule has 4 aliphatic carbocycles. The zero-order valence-electron chi connectivity index (χ0n) is 15.0. The van der Waals surface area contributed by atoms with Crippen LogP contribution in [0.25, 0.3) is 0 Å². The maximum atomic E-state index is 11.6. The van der Waals surface area contributed by atoms with Crippen LogP contribution in [-0.2, 0) is 5.60 Å². The van der Waals surface area contributed by atoms with Crippen LogP contribution in [0.4, 0.5) is 0 Å². The molecule has 1 heteroatoms. The molecule has 126 valence electrons. The van der Waals surface area contributed by atoms with E-state index >= 15 is 0 Å². The van der Waals surface area contributed by atoms with Gasteiger partial charge in [-0.1, -0.05) is 38.1 Å².